The van der Waals surface area contributed by atoms with Crippen LogP contribution in [0.2, 0.25) is 0 Å². The summed E-state index contributed by atoms with van der Waals surface area (Å²) in [6.45, 7) is 7.91. The van der Waals surface area contributed by atoms with Crippen LogP contribution in [0.5, 0.6) is 5.75 Å². The molecule has 1 saturated heterocycles. The second kappa shape index (κ2) is 15.9. The van der Waals surface area contributed by atoms with Crippen molar-refractivity contribution in [1.82, 2.24) is 15.5 Å². The molecule has 1 fully saturated rings. The molecule has 3 amide bonds. The molecule has 0 spiro atoms. The van der Waals surface area contributed by atoms with Gasteiger partial charge in [-0.3, -0.25) is 24.0 Å². The summed E-state index contributed by atoms with van der Waals surface area (Å²) < 4.78 is 65.1. The third-order valence-corrected chi connectivity index (χ3v) is 7.46. The number of amides is 3. The van der Waals surface area contributed by atoms with Crippen LogP contribution in [0.25, 0.3) is 0 Å². The Morgan fingerprint density at radius 2 is 1.57 bits per heavy atom. The Bertz CT molecular complexity index is 1490. The zero-order valence-corrected chi connectivity index (χ0v) is 26.9. The molecule has 10 nitrogen and oxygen atoms in total. The molecule has 256 valence electrons. The van der Waals surface area contributed by atoms with Gasteiger partial charge in [-0.15, -0.1) is 0 Å². The van der Waals surface area contributed by atoms with Gasteiger partial charge in [-0.2, -0.15) is 8.78 Å². The van der Waals surface area contributed by atoms with Crippen molar-refractivity contribution in [3.05, 3.63) is 64.2 Å². The van der Waals surface area contributed by atoms with Crippen molar-refractivity contribution in [2.45, 2.75) is 71.9 Å². The molecule has 0 bridgehead atoms. The van der Waals surface area contributed by atoms with Crippen molar-refractivity contribution < 1.29 is 51.0 Å². The molecular weight excluding hydrogens is 626 g/mol. The van der Waals surface area contributed by atoms with E-state index in [1.54, 1.807) is 20.8 Å². The van der Waals surface area contributed by atoms with Crippen LogP contribution in [0.4, 0.5) is 17.6 Å². The van der Waals surface area contributed by atoms with Gasteiger partial charge in [0.05, 0.1) is 6.42 Å². The van der Waals surface area contributed by atoms with Crippen LogP contribution in [0.15, 0.2) is 24.3 Å². The maximum absolute atomic E-state index is 14.0. The Morgan fingerprint density at radius 3 is 2.17 bits per heavy atom. The Balaban J connectivity index is 1.58. The Morgan fingerprint density at radius 1 is 0.957 bits per heavy atom. The van der Waals surface area contributed by atoms with E-state index in [1.165, 1.54) is 4.90 Å². The second-order valence-corrected chi connectivity index (χ2v) is 12.4. The number of likely N-dealkylation sites (tertiary alicyclic amines) is 1. The largest absolute Gasteiger partial charge is 0.479 e. The van der Waals surface area contributed by atoms with Gasteiger partial charge in [-0.25, -0.2) is 8.78 Å². The van der Waals surface area contributed by atoms with Crippen molar-refractivity contribution in [2.75, 3.05) is 26.2 Å². The first kappa shape index (κ1) is 37.0. The summed E-state index contributed by atoms with van der Waals surface area (Å²) in [4.78, 5) is 65.2. The summed E-state index contributed by atoms with van der Waals surface area (Å²) in [6.07, 6.45) is 0.144. The predicted octanol–water partition coefficient (Wildman–Crippen LogP) is 3.62. The first-order valence-electron chi connectivity index (χ1n) is 15.1. The van der Waals surface area contributed by atoms with E-state index < -0.39 is 89.1 Å². The fraction of sp³-hybridized carbons (Fsp3) is 0.485. The summed E-state index contributed by atoms with van der Waals surface area (Å²) in [7, 11) is 0. The highest BCUT2D eigenvalue weighted by Crippen LogP contribution is 2.26. The first-order valence-corrected chi connectivity index (χ1v) is 15.1. The molecule has 0 aliphatic carbocycles. The van der Waals surface area contributed by atoms with E-state index in [2.05, 4.69) is 10.6 Å². The molecular formula is C33H39F4N3O7. The summed E-state index contributed by atoms with van der Waals surface area (Å²) in [5, 5.41) is 5.05. The number of esters is 1. The second-order valence-electron chi connectivity index (χ2n) is 12.4. The van der Waals surface area contributed by atoms with Crippen LogP contribution >= 0.6 is 0 Å². The van der Waals surface area contributed by atoms with E-state index in [1.807, 2.05) is 32.0 Å². The average Bonchev–Trinajstić information content (AvgIpc) is 3.00. The molecule has 1 heterocycles. The average molecular weight is 666 g/mol. The van der Waals surface area contributed by atoms with Crippen molar-refractivity contribution >= 4 is 29.5 Å². The quantitative estimate of drug-likeness (QED) is 0.162. The highest BCUT2D eigenvalue weighted by molar-refractivity contribution is 6.35. The highest BCUT2D eigenvalue weighted by Gasteiger charge is 2.34. The number of ketones is 1. The molecule has 1 aliphatic rings. The van der Waals surface area contributed by atoms with Crippen LogP contribution in [0.1, 0.15) is 56.7 Å². The molecule has 47 heavy (non-hydrogen) atoms. The van der Waals surface area contributed by atoms with Gasteiger partial charge in [-0.05, 0) is 65.0 Å². The number of hydrogen-bond donors (Lipinski definition) is 2. The van der Waals surface area contributed by atoms with Gasteiger partial charge in [0.15, 0.2) is 23.2 Å². The number of nitrogens with zero attached hydrogens (tertiary/aromatic N) is 1. The number of aryl methyl sites for hydroxylation is 2. The molecule has 2 aromatic rings. The molecule has 0 radical (unpaired) electrons. The van der Waals surface area contributed by atoms with E-state index in [0.717, 1.165) is 16.7 Å². The van der Waals surface area contributed by atoms with Crippen LogP contribution in [0, 0.1) is 43.0 Å². The van der Waals surface area contributed by atoms with E-state index in [9.17, 15) is 41.5 Å². The number of rotatable bonds is 11. The molecule has 2 aromatic carbocycles. The SMILES string of the molecule is Cc1ccc(C)c(CCNC(=O)C(=O)N2CCC(C(=O)N[C@@H](CC(=O)OC(C)(C)C)C(=O)COc3c(F)c(F)cc(F)c3F)CC2)c1. The lowest BCUT2D eigenvalue weighted by molar-refractivity contribution is -0.156. The number of nitrogens with one attached hydrogen (secondary N) is 2. The van der Waals surface area contributed by atoms with E-state index in [4.69, 9.17) is 9.47 Å². The molecule has 0 unspecified atom stereocenters. The lowest BCUT2D eigenvalue weighted by Crippen LogP contribution is -2.51. The van der Waals surface area contributed by atoms with Gasteiger partial charge < -0.3 is 25.0 Å². The molecule has 2 N–H and O–H groups in total. The van der Waals surface area contributed by atoms with E-state index >= 15 is 0 Å². The third kappa shape index (κ3) is 10.5. The molecule has 0 saturated carbocycles. The Hall–Kier alpha value is -4.49. The van der Waals surface area contributed by atoms with E-state index in [0.29, 0.717) is 6.42 Å². The number of hydrogen-bond acceptors (Lipinski definition) is 7. The fourth-order valence-corrected chi connectivity index (χ4v) is 4.95. The third-order valence-electron chi connectivity index (χ3n) is 7.46. The molecule has 3 rings (SSSR count). The van der Waals surface area contributed by atoms with Gasteiger partial charge in [0.2, 0.25) is 17.5 Å². The summed E-state index contributed by atoms with van der Waals surface area (Å²) in [6, 6.07) is 4.39. The van der Waals surface area contributed by atoms with Gasteiger partial charge in [0, 0.05) is 31.6 Å². The minimum absolute atomic E-state index is 0.0241. The van der Waals surface area contributed by atoms with Gasteiger partial charge in [0.1, 0.15) is 18.2 Å². The highest BCUT2D eigenvalue weighted by atomic mass is 19.2. The molecule has 0 aromatic heterocycles. The fourth-order valence-electron chi connectivity index (χ4n) is 4.95. The van der Waals surface area contributed by atoms with Crippen molar-refractivity contribution in [2.24, 2.45) is 5.92 Å². The summed E-state index contributed by atoms with van der Waals surface area (Å²) in [5.41, 5.74) is 2.27. The Labute approximate surface area is 270 Å². The number of ether oxygens (including phenoxy) is 2. The van der Waals surface area contributed by atoms with Crippen LogP contribution < -0.4 is 15.4 Å². The van der Waals surface area contributed by atoms with Crippen LogP contribution in [-0.4, -0.2) is 72.3 Å². The summed E-state index contributed by atoms with van der Waals surface area (Å²) in [5.74, 6) is -13.5. The van der Waals surface area contributed by atoms with Crippen molar-refractivity contribution in [3.63, 3.8) is 0 Å². The number of carbonyl (C=O) groups is 5. The van der Waals surface area contributed by atoms with Gasteiger partial charge >= 0.3 is 17.8 Å². The number of benzene rings is 2. The molecule has 1 atom stereocenters. The van der Waals surface area contributed by atoms with Crippen molar-refractivity contribution in [1.29, 1.82) is 0 Å². The van der Waals surface area contributed by atoms with Gasteiger partial charge in [-0.1, -0.05) is 23.8 Å². The maximum Gasteiger partial charge on any atom is 0.311 e. The minimum Gasteiger partial charge on any atom is -0.479 e. The van der Waals surface area contributed by atoms with Crippen molar-refractivity contribution in [3.8, 4) is 5.75 Å². The standard InChI is InChI=1S/C33H39F4N3O7/c1-18-6-7-19(2)21(14-18)8-11-38-31(44)32(45)40-12-9-20(10-13-40)30(43)39-24(16-26(42)47-33(3,4)5)25(41)17-46-29-27(36)22(34)15-23(35)28(29)37/h6-7,14-15,20,24H,8-13,16-17H2,1-5H3,(H,38,44)(H,39,43)/t24-/m0/s1. The predicted molar refractivity (Wildman–Crippen MR) is 161 cm³/mol. The minimum atomic E-state index is -1.86. The number of Topliss-reactive ketones (excluding diaryl/α,β-unsaturated/α-hetero) is 1. The lowest BCUT2D eigenvalue weighted by atomic mass is 9.95. The van der Waals surface area contributed by atoms with Crippen LogP contribution in [0.3, 0.4) is 0 Å². The number of piperidine rings is 1. The first-order chi connectivity index (χ1) is 22.0. The molecule has 1 aliphatic heterocycles. The normalized spacial score (nSPS) is 14.3. The zero-order valence-electron chi connectivity index (χ0n) is 26.9. The summed E-state index contributed by atoms with van der Waals surface area (Å²) >= 11 is 0. The number of carbonyl (C=O) groups excluding carboxylic acids is 5. The smallest absolute Gasteiger partial charge is 0.311 e. The topological polar surface area (TPSA) is 131 Å². The Kier molecular flexibility index (Phi) is 12.5. The zero-order chi connectivity index (χ0) is 35.1. The maximum atomic E-state index is 14.0. The molecule has 14 heteroatoms. The van der Waals surface area contributed by atoms with E-state index in [-0.39, 0.29) is 38.5 Å². The van der Waals surface area contributed by atoms with Crippen LogP contribution in [-0.2, 0) is 35.1 Å². The van der Waals surface area contributed by atoms with Gasteiger partial charge in [0.25, 0.3) is 0 Å². The number of halogens is 4. The lowest BCUT2D eigenvalue weighted by Gasteiger charge is -2.31. The monoisotopic (exact) mass is 665 g/mol.